The van der Waals surface area contributed by atoms with Gasteiger partial charge in [-0.1, -0.05) is 0 Å². The molecular formula is C16H20N4O. The molecule has 2 aromatic rings. The highest BCUT2D eigenvalue weighted by Crippen LogP contribution is 2.37. The van der Waals surface area contributed by atoms with Crippen LogP contribution < -0.4 is 5.56 Å². The first-order valence-electron chi connectivity index (χ1n) is 7.65. The number of H-pyrrole nitrogens is 1. The predicted octanol–water partition coefficient (Wildman–Crippen LogP) is 1.54. The molecule has 1 fully saturated rings. The molecule has 110 valence electrons. The van der Waals surface area contributed by atoms with Gasteiger partial charge in [-0.25, -0.2) is 4.98 Å². The highest BCUT2D eigenvalue weighted by Gasteiger charge is 2.29. The van der Waals surface area contributed by atoms with Crippen LogP contribution in [-0.4, -0.2) is 26.0 Å². The van der Waals surface area contributed by atoms with Crippen molar-refractivity contribution in [1.29, 1.82) is 0 Å². The summed E-state index contributed by atoms with van der Waals surface area (Å²) in [4.78, 5) is 22.3. The Morgan fingerprint density at radius 1 is 1.43 bits per heavy atom. The molecular weight excluding hydrogens is 264 g/mol. The fraction of sp³-hybridized carbons (Fsp3) is 0.500. The number of rotatable bonds is 3. The predicted molar refractivity (Wildman–Crippen MR) is 80.1 cm³/mol. The molecule has 0 amide bonds. The topological polar surface area (TPSA) is 53.9 Å². The lowest BCUT2D eigenvalue weighted by atomic mass is 10.1. The summed E-state index contributed by atoms with van der Waals surface area (Å²) in [5.74, 6) is 1.42. The fourth-order valence-corrected chi connectivity index (χ4v) is 3.08. The zero-order valence-corrected chi connectivity index (χ0v) is 12.3. The first-order valence-corrected chi connectivity index (χ1v) is 7.65. The highest BCUT2D eigenvalue weighted by atomic mass is 16.1. The molecule has 2 aromatic heterocycles. The lowest BCUT2D eigenvalue weighted by Crippen LogP contribution is -2.36. The number of nitrogens with zero attached hydrogens (tertiary/aromatic N) is 3. The van der Waals surface area contributed by atoms with Crippen LogP contribution in [0.1, 0.15) is 41.5 Å². The van der Waals surface area contributed by atoms with E-state index in [4.69, 9.17) is 4.98 Å². The van der Waals surface area contributed by atoms with Crippen molar-refractivity contribution in [1.82, 2.24) is 19.4 Å². The minimum Gasteiger partial charge on any atom is -0.353 e. The molecule has 4 rings (SSSR count). The summed E-state index contributed by atoms with van der Waals surface area (Å²) < 4.78 is 2.13. The van der Waals surface area contributed by atoms with Crippen molar-refractivity contribution in [2.75, 3.05) is 6.54 Å². The lowest BCUT2D eigenvalue weighted by molar-refractivity contribution is 0.236. The van der Waals surface area contributed by atoms with Crippen LogP contribution in [0.2, 0.25) is 0 Å². The molecule has 0 unspecified atom stereocenters. The third-order valence-corrected chi connectivity index (χ3v) is 4.57. The second-order valence-corrected chi connectivity index (χ2v) is 6.22. The zero-order chi connectivity index (χ0) is 14.4. The Labute approximate surface area is 123 Å². The normalized spacial score (nSPS) is 18.7. The van der Waals surface area contributed by atoms with Crippen LogP contribution in [0.15, 0.2) is 23.1 Å². The maximum atomic E-state index is 12.3. The first-order chi connectivity index (χ1) is 10.2. The molecule has 5 nitrogen and oxygen atoms in total. The Morgan fingerprint density at radius 2 is 2.29 bits per heavy atom. The maximum absolute atomic E-state index is 12.3. The molecule has 0 aromatic carbocycles. The third kappa shape index (κ3) is 2.42. The summed E-state index contributed by atoms with van der Waals surface area (Å²) >= 11 is 0. The third-order valence-electron chi connectivity index (χ3n) is 4.57. The molecule has 1 aliphatic carbocycles. The molecule has 0 bridgehead atoms. The first kappa shape index (κ1) is 12.8. The summed E-state index contributed by atoms with van der Waals surface area (Å²) in [6.45, 7) is 2.55. The molecule has 5 heteroatoms. The second-order valence-electron chi connectivity index (χ2n) is 6.22. The van der Waals surface area contributed by atoms with Gasteiger partial charge < -0.3 is 9.55 Å². The van der Waals surface area contributed by atoms with Gasteiger partial charge in [0.2, 0.25) is 0 Å². The molecule has 1 N–H and O–H groups in total. The Bertz CT molecular complexity index is 726. The number of hydrogen-bond donors (Lipinski definition) is 1. The van der Waals surface area contributed by atoms with Gasteiger partial charge in [0.15, 0.2) is 0 Å². The largest absolute Gasteiger partial charge is 0.353 e. The Balaban J connectivity index is 1.57. The van der Waals surface area contributed by atoms with Crippen LogP contribution in [0.5, 0.6) is 0 Å². The van der Waals surface area contributed by atoms with E-state index in [1.807, 2.05) is 0 Å². The van der Waals surface area contributed by atoms with Crippen molar-refractivity contribution in [3.63, 3.8) is 0 Å². The number of aryl methyl sites for hydroxylation is 1. The van der Waals surface area contributed by atoms with Crippen molar-refractivity contribution in [2.45, 2.75) is 38.3 Å². The van der Waals surface area contributed by atoms with Crippen LogP contribution in [0, 0.1) is 0 Å². The number of aromatic amines is 1. The van der Waals surface area contributed by atoms with Gasteiger partial charge in [-0.15, -0.1) is 0 Å². The summed E-state index contributed by atoms with van der Waals surface area (Å²) in [6.07, 6.45) is 5.27. The molecule has 3 heterocycles. The van der Waals surface area contributed by atoms with Gasteiger partial charge in [0.25, 0.3) is 5.56 Å². The van der Waals surface area contributed by atoms with E-state index >= 15 is 0 Å². The fourth-order valence-electron chi connectivity index (χ4n) is 3.08. The molecule has 2 aliphatic rings. The van der Waals surface area contributed by atoms with E-state index in [1.165, 1.54) is 18.5 Å². The van der Waals surface area contributed by atoms with Crippen molar-refractivity contribution >= 4 is 0 Å². The molecule has 0 spiro atoms. The lowest BCUT2D eigenvalue weighted by Gasteiger charge is -2.27. The Hall–Kier alpha value is -1.88. The second kappa shape index (κ2) is 4.84. The molecule has 21 heavy (non-hydrogen) atoms. The Kier molecular flexibility index (Phi) is 2.96. The van der Waals surface area contributed by atoms with Crippen LogP contribution in [0.25, 0.3) is 0 Å². The van der Waals surface area contributed by atoms with Gasteiger partial charge in [-0.2, -0.15) is 0 Å². The van der Waals surface area contributed by atoms with Crippen molar-refractivity contribution in [2.24, 2.45) is 7.05 Å². The highest BCUT2D eigenvalue weighted by molar-refractivity contribution is 5.23. The van der Waals surface area contributed by atoms with Gasteiger partial charge in [0.1, 0.15) is 5.82 Å². The van der Waals surface area contributed by atoms with Crippen LogP contribution >= 0.6 is 0 Å². The summed E-state index contributed by atoms with van der Waals surface area (Å²) in [6, 6.07) is 4.19. The van der Waals surface area contributed by atoms with E-state index in [2.05, 4.69) is 39.8 Å². The maximum Gasteiger partial charge on any atom is 0.255 e. The molecule has 1 saturated carbocycles. The van der Waals surface area contributed by atoms with Crippen molar-refractivity contribution in [3.05, 3.63) is 51.5 Å². The average molecular weight is 284 g/mol. The molecule has 0 atom stereocenters. The van der Waals surface area contributed by atoms with E-state index in [0.717, 1.165) is 36.6 Å². The van der Waals surface area contributed by atoms with E-state index < -0.39 is 0 Å². The number of fused-ring (bicyclic) bond motifs is 1. The smallest absolute Gasteiger partial charge is 0.255 e. The van der Waals surface area contributed by atoms with E-state index in [9.17, 15) is 4.79 Å². The van der Waals surface area contributed by atoms with Gasteiger partial charge >= 0.3 is 0 Å². The summed E-state index contributed by atoms with van der Waals surface area (Å²) in [7, 11) is 2.06. The van der Waals surface area contributed by atoms with E-state index in [0.29, 0.717) is 12.5 Å². The van der Waals surface area contributed by atoms with Gasteiger partial charge in [-0.3, -0.25) is 9.69 Å². The molecule has 1 aliphatic heterocycles. The van der Waals surface area contributed by atoms with Gasteiger partial charge in [0, 0.05) is 50.9 Å². The number of aromatic nitrogens is 3. The monoisotopic (exact) mass is 284 g/mol. The minimum absolute atomic E-state index is 0.0680. The van der Waals surface area contributed by atoms with Crippen LogP contribution in [0.3, 0.4) is 0 Å². The standard InChI is InChI=1S/C16H20N4O/c1-19-7-2-3-12(19)9-20-8-6-14-13(10-20)16(21)18-15(17-14)11-4-5-11/h2-3,7,11H,4-6,8-10H2,1H3,(H,17,18,21). The molecule has 0 radical (unpaired) electrons. The number of nitrogens with one attached hydrogen (secondary N) is 1. The van der Waals surface area contributed by atoms with Crippen LogP contribution in [0.4, 0.5) is 0 Å². The summed E-state index contributed by atoms with van der Waals surface area (Å²) in [5, 5.41) is 0. The zero-order valence-electron chi connectivity index (χ0n) is 12.3. The van der Waals surface area contributed by atoms with E-state index in [-0.39, 0.29) is 5.56 Å². The Morgan fingerprint density at radius 3 is 3.00 bits per heavy atom. The van der Waals surface area contributed by atoms with Crippen molar-refractivity contribution in [3.8, 4) is 0 Å². The molecule has 0 saturated heterocycles. The van der Waals surface area contributed by atoms with Crippen molar-refractivity contribution < 1.29 is 0 Å². The quantitative estimate of drug-likeness (QED) is 0.930. The summed E-state index contributed by atoms with van der Waals surface area (Å²) in [5.41, 5.74) is 3.22. The SMILES string of the molecule is Cn1cccc1CN1CCc2nc(C3CC3)[nH]c(=O)c2C1. The minimum atomic E-state index is 0.0680. The van der Waals surface area contributed by atoms with E-state index in [1.54, 1.807) is 0 Å². The average Bonchev–Trinajstić information content (AvgIpc) is 3.25. The number of hydrogen-bond acceptors (Lipinski definition) is 3. The van der Waals surface area contributed by atoms with Gasteiger partial charge in [0.05, 0.1) is 11.3 Å². The van der Waals surface area contributed by atoms with Crippen LogP contribution in [-0.2, 0) is 26.6 Å². The van der Waals surface area contributed by atoms with Gasteiger partial charge in [-0.05, 0) is 25.0 Å².